The molecular weight excluding hydrogens is 352 g/mol. The van der Waals surface area contributed by atoms with E-state index in [0.717, 1.165) is 33.9 Å². The van der Waals surface area contributed by atoms with Crippen molar-refractivity contribution >= 4 is 0 Å². The fourth-order valence-electron chi connectivity index (χ4n) is 3.45. The molecule has 0 aliphatic rings. The number of benzene rings is 2. The molecule has 0 aliphatic carbocycles. The van der Waals surface area contributed by atoms with Crippen molar-refractivity contribution in [3.63, 3.8) is 0 Å². The Hall–Kier alpha value is -3.54. The number of methoxy groups -OCH3 is 2. The number of aromatic nitrogens is 4. The van der Waals surface area contributed by atoms with Gasteiger partial charge in [0, 0.05) is 0 Å². The van der Waals surface area contributed by atoms with Crippen molar-refractivity contribution < 1.29 is 9.47 Å². The van der Waals surface area contributed by atoms with Gasteiger partial charge < -0.3 is 9.47 Å². The second-order valence-electron chi connectivity index (χ2n) is 6.43. The summed E-state index contributed by atoms with van der Waals surface area (Å²) in [6.07, 6.45) is 0. The zero-order valence-corrected chi connectivity index (χ0v) is 16.4. The quantitative estimate of drug-likeness (QED) is 0.521. The smallest absolute Gasteiger partial charge is 0.225 e. The number of hydrogen-bond acceptors (Lipinski definition) is 4. The molecule has 142 valence electrons. The molecule has 0 saturated carbocycles. The number of nitrogens with zero attached hydrogens (tertiary/aromatic N) is 4. The van der Waals surface area contributed by atoms with Crippen LogP contribution in [0.2, 0.25) is 0 Å². The normalized spacial score (nSPS) is 10.9. The first-order valence-corrected chi connectivity index (χ1v) is 9.04. The maximum absolute atomic E-state index is 5.78. The van der Waals surface area contributed by atoms with Gasteiger partial charge in [-0.05, 0) is 38.1 Å². The minimum absolute atomic E-state index is 0.651. The van der Waals surface area contributed by atoms with E-state index < -0.39 is 0 Å². The summed E-state index contributed by atoms with van der Waals surface area (Å²) in [4.78, 5) is 0. The fourth-order valence-corrected chi connectivity index (χ4v) is 3.45. The van der Waals surface area contributed by atoms with Gasteiger partial charge in [-0.25, -0.2) is 9.36 Å². The lowest BCUT2D eigenvalue weighted by atomic mass is 10.1. The van der Waals surface area contributed by atoms with E-state index in [-0.39, 0.29) is 0 Å². The zero-order chi connectivity index (χ0) is 19.7. The first-order chi connectivity index (χ1) is 13.7. The molecule has 6 nitrogen and oxygen atoms in total. The summed E-state index contributed by atoms with van der Waals surface area (Å²) in [5.74, 6) is 1.30. The van der Waals surface area contributed by atoms with E-state index in [1.54, 1.807) is 14.2 Å². The van der Waals surface area contributed by atoms with Crippen LogP contribution in [0.4, 0.5) is 0 Å². The molecule has 0 N–H and O–H groups in total. The van der Waals surface area contributed by atoms with Crippen LogP contribution in [0.1, 0.15) is 11.4 Å². The average Bonchev–Trinajstić information content (AvgIpc) is 3.24. The molecule has 0 radical (unpaired) electrons. The monoisotopic (exact) mass is 374 g/mol. The van der Waals surface area contributed by atoms with Gasteiger partial charge in [0.2, 0.25) is 11.8 Å². The average molecular weight is 374 g/mol. The van der Waals surface area contributed by atoms with Crippen molar-refractivity contribution in [2.24, 2.45) is 0 Å². The largest absolute Gasteiger partial charge is 0.480 e. The summed E-state index contributed by atoms with van der Waals surface area (Å²) in [6, 6.07) is 19.8. The summed E-state index contributed by atoms with van der Waals surface area (Å²) in [6.45, 7) is 3.94. The van der Waals surface area contributed by atoms with Crippen molar-refractivity contribution in [2.45, 2.75) is 13.8 Å². The van der Waals surface area contributed by atoms with Crippen LogP contribution in [-0.2, 0) is 0 Å². The Morgan fingerprint density at radius 1 is 0.607 bits per heavy atom. The van der Waals surface area contributed by atoms with E-state index in [1.807, 2.05) is 83.9 Å². The number of rotatable bonds is 5. The predicted molar refractivity (Wildman–Crippen MR) is 109 cm³/mol. The Labute approximate surface area is 164 Å². The van der Waals surface area contributed by atoms with Crippen LogP contribution in [-0.4, -0.2) is 33.8 Å². The first-order valence-electron chi connectivity index (χ1n) is 9.04. The summed E-state index contributed by atoms with van der Waals surface area (Å²) in [5.41, 5.74) is 5.30. The van der Waals surface area contributed by atoms with Gasteiger partial charge in [-0.2, -0.15) is 10.2 Å². The van der Waals surface area contributed by atoms with Gasteiger partial charge in [0.25, 0.3) is 0 Å². The molecule has 2 aromatic heterocycles. The molecular formula is C22H22N4O2. The molecule has 28 heavy (non-hydrogen) atoms. The third-order valence-electron chi connectivity index (χ3n) is 4.67. The highest BCUT2D eigenvalue weighted by molar-refractivity contribution is 5.79. The first kappa shape index (κ1) is 17.9. The molecule has 4 aromatic rings. The molecule has 2 aromatic carbocycles. The van der Waals surface area contributed by atoms with Crippen LogP contribution >= 0.6 is 0 Å². The lowest BCUT2D eigenvalue weighted by Crippen LogP contribution is -2.01. The minimum atomic E-state index is 0.651. The lowest BCUT2D eigenvalue weighted by Gasteiger charge is -2.10. The van der Waals surface area contributed by atoms with Crippen LogP contribution in [0.15, 0.2) is 60.7 Å². The van der Waals surface area contributed by atoms with Gasteiger partial charge in [0.05, 0.1) is 48.1 Å². The van der Waals surface area contributed by atoms with Crippen LogP contribution in [0, 0.1) is 13.8 Å². The van der Waals surface area contributed by atoms with Crippen molar-refractivity contribution in [1.82, 2.24) is 19.6 Å². The van der Waals surface area contributed by atoms with Crippen LogP contribution < -0.4 is 9.47 Å². The van der Waals surface area contributed by atoms with E-state index in [1.165, 1.54) is 0 Å². The second-order valence-corrected chi connectivity index (χ2v) is 6.43. The highest BCUT2D eigenvalue weighted by Crippen LogP contribution is 2.42. The Morgan fingerprint density at radius 2 is 0.964 bits per heavy atom. The fraction of sp³-hybridized carbons (Fsp3) is 0.182. The lowest BCUT2D eigenvalue weighted by molar-refractivity contribution is 0.379. The summed E-state index contributed by atoms with van der Waals surface area (Å²) in [7, 11) is 3.31. The van der Waals surface area contributed by atoms with Crippen molar-refractivity contribution in [2.75, 3.05) is 14.2 Å². The Balaban J connectivity index is 1.96. The van der Waals surface area contributed by atoms with Gasteiger partial charge in [-0.15, -0.1) is 0 Å². The zero-order valence-electron chi connectivity index (χ0n) is 16.4. The minimum Gasteiger partial charge on any atom is -0.480 e. The molecule has 0 bridgehead atoms. The summed E-state index contributed by atoms with van der Waals surface area (Å²) < 4.78 is 15.2. The predicted octanol–water partition coefficient (Wildman–Crippen LogP) is 4.36. The number of hydrogen-bond donors (Lipinski definition) is 0. The topological polar surface area (TPSA) is 54.1 Å². The van der Waals surface area contributed by atoms with Gasteiger partial charge in [-0.1, -0.05) is 36.4 Å². The molecule has 0 spiro atoms. The van der Waals surface area contributed by atoms with E-state index in [2.05, 4.69) is 0 Å². The third kappa shape index (κ3) is 2.83. The molecule has 0 saturated heterocycles. The highest BCUT2D eigenvalue weighted by Gasteiger charge is 2.27. The molecule has 0 unspecified atom stereocenters. The SMILES string of the molecule is COc1c(-c2c(C)nn(-c3ccccc3)c2OC)c(C)nn1-c1ccccc1. The Bertz CT molecular complexity index is 1010. The van der Waals surface area contributed by atoms with Crippen LogP contribution in [0.5, 0.6) is 11.8 Å². The molecule has 2 heterocycles. The van der Waals surface area contributed by atoms with Crippen molar-refractivity contribution in [3.8, 4) is 34.3 Å². The van der Waals surface area contributed by atoms with E-state index in [4.69, 9.17) is 19.7 Å². The van der Waals surface area contributed by atoms with Crippen LogP contribution in [0.3, 0.4) is 0 Å². The second kappa shape index (κ2) is 7.23. The van der Waals surface area contributed by atoms with Gasteiger partial charge in [0.15, 0.2) is 0 Å². The van der Waals surface area contributed by atoms with E-state index in [9.17, 15) is 0 Å². The van der Waals surface area contributed by atoms with Crippen molar-refractivity contribution in [3.05, 3.63) is 72.1 Å². The van der Waals surface area contributed by atoms with Gasteiger partial charge in [0.1, 0.15) is 0 Å². The maximum atomic E-state index is 5.78. The summed E-state index contributed by atoms with van der Waals surface area (Å²) >= 11 is 0. The van der Waals surface area contributed by atoms with Gasteiger partial charge in [-0.3, -0.25) is 0 Å². The molecule has 4 rings (SSSR count). The Morgan fingerprint density at radius 3 is 1.29 bits per heavy atom. The number of ether oxygens (including phenoxy) is 2. The van der Waals surface area contributed by atoms with Gasteiger partial charge >= 0.3 is 0 Å². The molecule has 0 amide bonds. The standard InChI is InChI=1S/C22H22N4O2/c1-15-19(21(27-3)25(23-15)17-11-7-5-8-12-17)20-16(2)24-26(22(20)28-4)18-13-9-6-10-14-18/h5-14H,1-4H3. The number of aryl methyl sites for hydroxylation is 2. The Kier molecular flexibility index (Phi) is 4.61. The molecule has 0 fully saturated rings. The maximum Gasteiger partial charge on any atom is 0.225 e. The van der Waals surface area contributed by atoms with Crippen molar-refractivity contribution in [1.29, 1.82) is 0 Å². The molecule has 6 heteroatoms. The molecule has 0 atom stereocenters. The van der Waals surface area contributed by atoms with E-state index >= 15 is 0 Å². The van der Waals surface area contributed by atoms with Crippen LogP contribution in [0.25, 0.3) is 22.5 Å². The van der Waals surface area contributed by atoms with E-state index in [0.29, 0.717) is 11.8 Å². The summed E-state index contributed by atoms with van der Waals surface area (Å²) in [5, 5.41) is 9.45. The highest BCUT2D eigenvalue weighted by atomic mass is 16.5. The number of para-hydroxylation sites is 2. The molecule has 0 aliphatic heterocycles. The third-order valence-corrected chi connectivity index (χ3v) is 4.67.